The Morgan fingerprint density at radius 2 is 2.26 bits per heavy atom. The lowest BCUT2D eigenvalue weighted by Crippen LogP contribution is -2.44. The Balaban J connectivity index is 1.84. The first-order valence-corrected chi connectivity index (χ1v) is 9.62. The minimum Gasteiger partial charge on any atom is -0.351 e. The second kappa shape index (κ2) is 7.84. The van der Waals surface area contributed by atoms with Crippen LogP contribution in [-0.2, 0) is 16.6 Å². The van der Waals surface area contributed by atoms with Crippen LogP contribution in [0, 0.1) is 0 Å². The van der Waals surface area contributed by atoms with Crippen LogP contribution in [0.1, 0.15) is 36.2 Å². The maximum Gasteiger partial charge on any atom is 0.273 e. The fraction of sp³-hybridized carbons (Fsp3) is 0.769. The summed E-state index contributed by atoms with van der Waals surface area (Å²) in [5, 5.41) is 10.4. The van der Waals surface area contributed by atoms with E-state index in [1.54, 1.807) is 10.5 Å². The smallest absolute Gasteiger partial charge is 0.273 e. The molecule has 130 valence electrons. The van der Waals surface area contributed by atoms with Gasteiger partial charge in [0.25, 0.3) is 5.91 Å². The normalized spacial score (nSPS) is 19.7. The van der Waals surface area contributed by atoms with Gasteiger partial charge in [0.1, 0.15) is 0 Å². The highest BCUT2D eigenvalue weighted by Crippen LogP contribution is 2.21. The Bertz CT molecular complexity index is 629. The molecule has 1 aliphatic heterocycles. The largest absolute Gasteiger partial charge is 0.351 e. The highest BCUT2D eigenvalue weighted by Gasteiger charge is 2.28. The molecule has 2 rings (SSSR count). The molecule has 1 saturated heterocycles. The molecule has 10 heteroatoms. The molecule has 1 fully saturated rings. The van der Waals surface area contributed by atoms with Crippen LogP contribution in [0.5, 0.6) is 0 Å². The number of hydrogen-bond donors (Lipinski definition) is 2. The zero-order chi connectivity index (χ0) is 16.9. The topological polar surface area (TPSA) is 123 Å². The van der Waals surface area contributed by atoms with Gasteiger partial charge in [-0.2, -0.15) is 4.31 Å². The standard InChI is InChI=1S/C13H24N6O3S/c1-23(21,22)19-8-3-2-4-11(19)5-7-15-13(20)12-10-18(9-6-14)17-16-12/h10-11H,2-9,14H2,1H3,(H,15,20). The van der Waals surface area contributed by atoms with Crippen molar-refractivity contribution in [3.63, 3.8) is 0 Å². The lowest BCUT2D eigenvalue weighted by Gasteiger charge is -2.33. The molecule has 0 spiro atoms. The first-order valence-electron chi connectivity index (χ1n) is 7.77. The molecule has 2 heterocycles. The minimum absolute atomic E-state index is 0.0491. The van der Waals surface area contributed by atoms with Crippen LogP contribution < -0.4 is 11.1 Å². The summed E-state index contributed by atoms with van der Waals surface area (Å²) in [4.78, 5) is 12.0. The average Bonchev–Trinajstić information content (AvgIpc) is 2.96. The quantitative estimate of drug-likeness (QED) is 0.665. The van der Waals surface area contributed by atoms with E-state index in [1.165, 1.54) is 10.9 Å². The van der Waals surface area contributed by atoms with Gasteiger partial charge in [-0.25, -0.2) is 8.42 Å². The van der Waals surface area contributed by atoms with Crippen molar-refractivity contribution in [3.8, 4) is 0 Å². The van der Waals surface area contributed by atoms with E-state index in [9.17, 15) is 13.2 Å². The van der Waals surface area contributed by atoms with E-state index in [0.29, 0.717) is 32.6 Å². The van der Waals surface area contributed by atoms with Gasteiger partial charge in [0.2, 0.25) is 10.0 Å². The number of amides is 1. The van der Waals surface area contributed by atoms with E-state index in [2.05, 4.69) is 15.6 Å². The molecule has 0 aromatic carbocycles. The third-order valence-corrected chi connectivity index (χ3v) is 5.22. The van der Waals surface area contributed by atoms with E-state index >= 15 is 0 Å². The van der Waals surface area contributed by atoms with Gasteiger partial charge < -0.3 is 11.1 Å². The first-order chi connectivity index (χ1) is 10.9. The zero-order valence-corrected chi connectivity index (χ0v) is 14.1. The summed E-state index contributed by atoms with van der Waals surface area (Å²) in [5.41, 5.74) is 5.65. The van der Waals surface area contributed by atoms with Crippen molar-refractivity contribution < 1.29 is 13.2 Å². The molecule has 9 nitrogen and oxygen atoms in total. The molecular weight excluding hydrogens is 320 g/mol. The van der Waals surface area contributed by atoms with Gasteiger partial charge in [0.05, 0.1) is 19.0 Å². The van der Waals surface area contributed by atoms with Gasteiger partial charge >= 0.3 is 0 Å². The maximum absolute atomic E-state index is 12.0. The predicted octanol–water partition coefficient (Wildman–Crippen LogP) is -0.829. The van der Waals surface area contributed by atoms with Crippen molar-refractivity contribution in [2.24, 2.45) is 5.73 Å². The van der Waals surface area contributed by atoms with Gasteiger partial charge in [-0.05, 0) is 19.3 Å². The highest BCUT2D eigenvalue weighted by atomic mass is 32.2. The fourth-order valence-corrected chi connectivity index (χ4v) is 4.00. The number of nitrogens with zero attached hydrogens (tertiary/aromatic N) is 4. The number of piperidine rings is 1. The molecule has 0 aliphatic carbocycles. The SMILES string of the molecule is CS(=O)(=O)N1CCCCC1CCNC(=O)c1cn(CCN)nn1. The van der Waals surface area contributed by atoms with Crippen molar-refractivity contribution in [2.75, 3.05) is 25.9 Å². The number of rotatable bonds is 7. The van der Waals surface area contributed by atoms with Gasteiger partial charge in [-0.1, -0.05) is 11.6 Å². The second-order valence-electron chi connectivity index (χ2n) is 5.72. The van der Waals surface area contributed by atoms with Crippen molar-refractivity contribution >= 4 is 15.9 Å². The van der Waals surface area contributed by atoms with Crippen molar-refractivity contribution in [1.29, 1.82) is 0 Å². The zero-order valence-electron chi connectivity index (χ0n) is 13.3. The summed E-state index contributed by atoms with van der Waals surface area (Å²) < 4.78 is 26.6. The van der Waals surface area contributed by atoms with Gasteiger partial charge in [0.15, 0.2) is 5.69 Å². The van der Waals surface area contributed by atoms with Crippen LogP contribution in [0.4, 0.5) is 0 Å². The van der Waals surface area contributed by atoms with Crippen LogP contribution in [-0.4, -0.2) is 65.6 Å². The molecule has 23 heavy (non-hydrogen) atoms. The molecule has 1 amide bonds. The van der Waals surface area contributed by atoms with E-state index in [0.717, 1.165) is 19.3 Å². The first kappa shape index (κ1) is 17.8. The molecule has 0 radical (unpaired) electrons. The van der Waals surface area contributed by atoms with Crippen LogP contribution >= 0.6 is 0 Å². The van der Waals surface area contributed by atoms with Crippen LogP contribution in [0.15, 0.2) is 6.20 Å². The molecule has 0 saturated carbocycles. The third-order valence-electron chi connectivity index (χ3n) is 3.89. The van der Waals surface area contributed by atoms with Crippen molar-refractivity contribution in [2.45, 2.75) is 38.3 Å². The number of hydrogen-bond acceptors (Lipinski definition) is 6. The van der Waals surface area contributed by atoms with Crippen molar-refractivity contribution in [1.82, 2.24) is 24.6 Å². The second-order valence-corrected chi connectivity index (χ2v) is 7.66. The van der Waals surface area contributed by atoms with E-state index in [-0.39, 0.29) is 17.6 Å². The number of aromatic nitrogens is 3. The number of carbonyl (C=O) groups is 1. The average molecular weight is 344 g/mol. The Hall–Kier alpha value is -1.52. The van der Waals surface area contributed by atoms with E-state index in [4.69, 9.17) is 5.73 Å². The lowest BCUT2D eigenvalue weighted by molar-refractivity contribution is 0.0944. The molecule has 1 aliphatic rings. The summed E-state index contributed by atoms with van der Waals surface area (Å²) in [7, 11) is -3.20. The summed E-state index contributed by atoms with van der Waals surface area (Å²) >= 11 is 0. The predicted molar refractivity (Wildman–Crippen MR) is 85.2 cm³/mol. The van der Waals surface area contributed by atoms with Crippen LogP contribution in [0.2, 0.25) is 0 Å². The Labute approximate surface area is 136 Å². The molecule has 3 N–H and O–H groups in total. The van der Waals surface area contributed by atoms with Gasteiger partial charge in [-0.3, -0.25) is 9.48 Å². The number of carbonyl (C=O) groups excluding carboxylic acids is 1. The number of sulfonamides is 1. The van der Waals surface area contributed by atoms with E-state index in [1.807, 2.05) is 0 Å². The van der Waals surface area contributed by atoms with Gasteiger partial charge in [0, 0.05) is 25.7 Å². The molecule has 1 aromatic rings. The highest BCUT2D eigenvalue weighted by molar-refractivity contribution is 7.88. The monoisotopic (exact) mass is 344 g/mol. The van der Waals surface area contributed by atoms with Crippen LogP contribution in [0.3, 0.4) is 0 Å². The molecule has 1 unspecified atom stereocenters. The Morgan fingerprint density at radius 3 is 2.96 bits per heavy atom. The molecule has 1 aromatic heterocycles. The molecule has 0 bridgehead atoms. The Kier molecular flexibility index (Phi) is 6.08. The van der Waals surface area contributed by atoms with E-state index < -0.39 is 10.0 Å². The minimum atomic E-state index is -3.20. The summed E-state index contributed by atoms with van der Waals surface area (Å²) in [5.74, 6) is -0.310. The number of nitrogens with one attached hydrogen (secondary N) is 1. The summed E-state index contributed by atoms with van der Waals surface area (Å²) in [6.07, 6.45) is 6.11. The molecular formula is C13H24N6O3S. The third kappa shape index (κ3) is 4.98. The number of nitrogens with two attached hydrogens (primary N) is 1. The van der Waals surface area contributed by atoms with Gasteiger partial charge in [-0.15, -0.1) is 5.10 Å². The summed E-state index contributed by atoms with van der Waals surface area (Å²) in [6, 6.07) is -0.0491. The van der Waals surface area contributed by atoms with Crippen molar-refractivity contribution in [3.05, 3.63) is 11.9 Å². The van der Waals surface area contributed by atoms with Crippen LogP contribution in [0.25, 0.3) is 0 Å². The Morgan fingerprint density at radius 1 is 1.48 bits per heavy atom. The fourth-order valence-electron chi connectivity index (χ4n) is 2.79. The molecule has 1 atom stereocenters. The lowest BCUT2D eigenvalue weighted by atomic mass is 10.0. The summed E-state index contributed by atoms with van der Waals surface area (Å²) in [6.45, 7) is 1.89. The maximum atomic E-state index is 12.0.